The van der Waals surface area contributed by atoms with Crippen LogP contribution in [-0.2, 0) is 21.2 Å². The summed E-state index contributed by atoms with van der Waals surface area (Å²) < 4.78 is 37.9. The summed E-state index contributed by atoms with van der Waals surface area (Å²) in [6.45, 7) is 0.366. The van der Waals surface area contributed by atoms with Crippen LogP contribution in [0.5, 0.6) is 11.5 Å². The molecule has 0 aromatic heterocycles. The second-order valence-electron chi connectivity index (χ2n) is 8.47. The zero-order valence-corrected chi connectivity index (χ0v) is 21.4. The van der Waals surface area contributed by atoms with Crippen molar-refractivity contribution in [1.29, 1.82) is 0 Å². The summed E-state index contributed by atoms with van der Waals surface area (Å²) in [6.07, 6.45) is 1.50. The van der Waals surface area contributed by atoms with E-state index in [1.807, 2.05) is 42.5 Å². The lowest BCUT2D eigenvalue weighted by Crippen LogP contribution is -2.50. The van der Waals surface area contributed by atoms with Crippen LogP contribution in [0.4, 0.5) is 0 Å². The van der Waals surface area contributed by atoms with Crippen molar-refractivity contribution < 1.29 is 27.8 Å². The van der Waals surface area contributed by atoms with Crippen LogP contribution in [0.1, 0.15) is 12.0 Å². The lowest BCUT2D eigenvalue weighted by molar-refractivity contribution is -0.139. The van der Waals surface area contributed by atoms with Crippen LogP contribution in [0, 0.1) is 0 Å². The van der Waals surface area contributed by atoms with Gasteiger partial charge >= 0.3 is 5.97 Å². The highest BCUT2D eigenvalue weighted by atomic mass is 32.2. The van der Waals surface area contributed by atoms with Gasteiger partial charge in [-0.3, -0.25) is 4.99 Å². The zero-order chi connectivity index (χ0) is 26.4. The quantitative estimate of drug-likeness (QED) is 0.292. The molecule has 0 saturated carbocycles. The molecule has 0 bridgehead atoms. The van der Waals surface area contributed by atoms with Gasteiger partial charge in [0.1, 0.15) is 23.7 Å². The summed E-state index contributed by atoms with van der Waals surface area (Å²) in [5.74, 6) is 0.310. The SMILES string of the molecule is COc1cccc(OC)c1-c1ccc(C[C@H](N/C=N/C2CCN2S(=O)(=O)c2ccccc2)C(=O)O)cc1. The van der Waals surface area contributed by atoms with E-state index < -0.39 is 28.2 Å². The summed E-state index contributed by atoms with van der Waals surface area (Å²) in [7, 11) is -0.458. The Hall–Kier alpha value is -3.89. The number of nitrogens with zero attached hydrogens (tertiary/aromatic N) is 2. The van der Waals surface area contributed by atoms with Crippen molar-refractivity contribution in [3.05, 3.63) is 78.4 Å². The normalized spacial score (nSPS) is 16.6. The summed E-state index contributed by atoms with van der Waals surface area (Å²) in [4.78, 5) is 16.4. The average Bonchev–Trinajstić information content (AvgIpc) is 2.89. The first-order chi connectivity index (χ1) is 17.8. The first kappa shape index (κ1) is 26.2. The predicted octanol–water partition coefficient (Wildman–Crippen LogP) is 3.41. The Bertz CT molecular complexity index is 1340. The molecule has 0 radical (unpaired) electrons. The van der Waals surface area contributed by atoms with Crippen LogP contribution in [0.25, 0.3) is 11.1 Å². The zero-order valence-electron chi connectivity index (χ0n) is 20.6. The molecule has 2 atom stereocenters. The van der Waals surface area contributed by atoms with Gasteiger partial charge in [0, 0.05) is 13.0 Å². The van der Waals surface area contributed by atoms with Gasteiger partial charge in [-0.15, -0.1) is 0 Å². The van der Waals surface area contributed by atoms with Crippen LogP contribution in [0.15, 0.2) is 82.7 Å². The van der Waals surface area contributed by atoms with E-state index in [9.17, 15) is 18.3 Å². The molecule has 1 saturated heterocycles. The van der Waals surface area contributed by atoms with E-state index in [2.05, 4.69) is 10.3 Å². The fourth-order valence-corrected chi connectivity index (χ4v) is 5.72. The van der Waals surface area contributed by atoms with E-state index >= 15 is 0 Å². The molecule has 0 spiro atoms. The lowest BCUT2D eigenvalue weighted by atomic mass is 9.99. The van der Waals surface area contributed by atoms with Crippen LogP contribution < -0.4 is 14.8 Å². The number of aliphatic carboxylic acids is 1. The highest BCUT2D eigenvalue weighted by molar-refractivity contribution is 7.89. The largest absolute Gasteiger partial charge is 0.496 e. The first-order valence-corrected chi connectivity index (χ1v) is 13.2. The van der Waals surface area contributed by atoms with Gasteiger partial charge in [0.05, 0.1) is 31.0 Å². The molecular weight excluding hydrogens is 494 g/mol. The summed E-state index contributed by atoms with van der Waals surface area (Å²) >= 11 is 0. The number of hydrogen-bond acceptors (Lipinski definition) is 6. The van der Waals surface area contributed by atoms with Gasteiger partial charge in [0.2, 0.25) is 10.0 Å². The number of hydrogen-bond donors (Lipinski definition) is 2. The van der Waals surface area contributed by atoms with Gasteiger partial charge in [-0.1, -0.05) is 48.5 Å². The minimum Gasteiger partial charge on any atom is -0.496 e. The highest BCUT2D eigenvalue weighted by Crippen LogP contribution is 2.38. The fourth-order valence-electron chi connectivity index (χ4n) is 4.12. The maximum atomic E-state index is 12.8. The Kier molecular flexibility index (Phi) is 8.10. The number of nitrogens with one attached hydrogen (secondary N) is 1. The third-order valence-corrected chi connectivity index (χ3v) is 8.13. The summed E-state index contributed by atoms with van der Waals surface area (Å²) in [5, 5.41) is 12.5. The molecular formula is C27H29N3O6S. The van der Waals surface area contributed by atoms with Crippen molar-refractivity contribution in [3.63, 3.8) is 0 Å². The predicted molar refractivity (Wildman–Crippen MR) is 140 cm³/mol. The smallest absolute Gasteiger partial charge is 0.326 e. The van der Waals surface area contributed by atoms with E-state index in [0.717, 1.165) is 16.7 Å². The Morgan fingerprint density at radius 1 is 1.05 bits per heavy atom. The number of carboxylic acid groups (broad SMARTS) is 1. The third kappa shape index (κ3) is 5.76. The number of ether oxygens (including phenoxy) is 2. The second kappa shape index (κ2) is 11.4. The molecule has 3 aromatic carbocycles. The monoisotopic (exact) mass is 523 g/mol. The van der Waals surface area contributed by atoms with Crippen LogP contribution in [0.2, 0.25) is 0 Å². The minimum absolute atomic E-state index is 0.209. The van der Waals surface area contributed by atoms with Crippen LogP contribution in [0.3, 0.4) is 0 Å². The second-order valence-corrected chi connectivity index (χ2v) is 10.4. The molecule has 1 aliphatic rings. The van der Waals surface area contributed by atoms with Crippen LogP contribution in [-0.4, -0.2) is 63.1 Å². The molecule has 2 N–H and O–H groups in total. The molecule has 0 amide bonds. The van der Waals surface area contributed by atoms with Gasteiger partial charge in [0.25, 0.3) is 0 Å². The van der Waals surface area contributed by atoms with Gasteiger partial charge in [-0.25, -0.2) is 13.2 Å². The molecule has 37 heavy (non-hydrogen) atoms. The molecule has 194 valence electrons. The van der Waals surface area contributed by atoms with E-state index in [1.54, 1.807) is 44.6 Å². The highest BCUT2D eigenvalue weighted by Gasteiger charge is 2.38. The number of methoxy groups -OCH3 is 2. The van der Waals surface area contributed by atoms with Crippen molar-refractivity contribution in [3.8, 4) is 22.6 Å². The van der Waals surface area contributed by atoms with Crippen molar-refractivity contribution >= 4 is 22.3 Å². The van der Waals surface area contributed by atoms with E-state index in [1.165, 1.54) is 10.6 Å². The standard InChI is InChI=1S/C27H29N3O6S/c1-35-23-9-6-10-24(36-2)26(23)20-13-11-19(12-14-20)17-22(27(31)32)28-18-29-25-15-16-30(25)37(33,34)21-7-4-3-5-8-21/h3-14,18,22,25H,15-17H2,1-2H3,(H,28,29)(H,31,32)/t22-,25?/m0/s1. The third-order valence-electron chi connectivity index (χ3n) is 6.22. The number of carboxylic acids is 1. The van der Waals surface area contributed by atoms with Crippen molar-refractivity contribution in [2.24, 2.45) is 4.99 Å². The Morgan fingerprint density at radius 3 is 2.24 bits per heavy atom. The van der Waals surface area contributed by atoms with E-state index in [0.29, 0.717) is 24.5 Å². The van der Waals surface area contributed by atoms with E-state index in [4.69, 9.17) is 9.47 Å². The van der Waals surface area contributed by atoms with Gasteiger partial charge in [0.15, 0.2) is 0 Å². The topological polar surface area (TPSA) is 118 Å². The molecule has 9 nitrogen and oxygen atoms in total. The maximum absolute atomic E-state index is 12.8. The molecule has 1 unspecified atom stereocenters. The number of aliphatic imine (C=N–C) groups is 1. The van der Waals surface area contributed by atoms with E-state index in [-0.39, 0.29) is 11.3 Å². The maximum Gasteiger partial charge on any atom is 0.326 e. The molecule has 1 heterocycles. The average molecular weight is 524 g/mol. The Labute approximate surface area is 216 Å². The fraction of sp³-hybridized carbons (Fsp3) is 0.259. The minimum atomic E-state index is -3.65. The molecule has 4 rings (SSSR count). The molecule has 10 heteroatoms. The van der Waals surface area contributed by atoms with Crippen LogP contribution >= 0.6 is 0 Å². The molecule has 1 aliphatic heterocycles. The molecule has 1 fully saturated rings. The summed E-state index contributed by atoms with van der Waals surface area (Å²) in [5.41, 5.74) is 2.50. The molecule has 3 aromatic rings. The number of carbonyl (C=O) groups is 1. The van der Waals surface area contributed by atoms with Gasteiger partial charge < -0.3 is 19.9 Å². The summed E-state index contributed by atoms with van der Waals surface area (Å²) in [6, 6.07) is 20.3. The molecule has 0 aliphatic carbocycles. The number of sulfonamides is 1. The number of benzene rings is 3. The lowest BCUT2D eigenvalue weighted by Gasteiger charge is -2.36. The van der Waals surface area contributed by atoms with Crippen molar-refractivity contribution in [1.82, 2.24) is 9.62 Å². The van der Waals surface area contributed by atoms with Crippen molar-refractivity contribution in [2.75, 3.05) is 20.8 Å². The first-order valence-electron chi connectivity index (χ1n) is 11.7. The number of rotatable bonds is 11. The Morgan fingerprint density at radius 2 is 1.70 bits per heavy atom. The Balaban J connectivity index is 1.42. The van der Waals surface area contributed by atoms with Crippen molar-refractivity contribution in [2.45, 2.75) is 29.9 Å². The van der Waals surface area contributed by atoms with Gasteiger partial charge in [-0.2, -0.15) is 4.31 Å². The van der Waals surface area contributed by atoms with Gasteiger partial charge in [-0.05, 0) is 41.8 Å².